The molecule has 1 aliphatic rings. The number of benzene rings is 1. The van der Waals surface area contributed by atoms with Crippen LogP contribution in [0.1, 0.15) is 43.5 Å². The van der Waals surface area contributed by atoms with Gasteiger partial charge in [-0.25, -0.2) is 0 Å². The lowest BCUT2D eigenvalue weighted by molar-refractivity contribution is 0.249. The van der Waals surface area contributed by atoms with Gasteiger partial charge in [-0.15, -0.1) is 0 Å². The minimum absolute atomic E-state index is 0.139. The zero-order chi connectivity index (χ0) is 14.0. The third-order valence-electron chi connectivity index (χ3n) is 4.02. The van der Waals surface area contributed by atoms with Gasteiger partial charge in [-0.3, -0.25) is 0 Å². The first-order valence-electron chi connectivity index (χ1n) is 7.08. The number of hydrogen-bond donors (Lipinski definition) is 2. The van der Waals surface area contributed by atoms with Crippen molar-refractivity contribution in [2.45, 2.75) is 38.1 Å². The van der Waals surface area contributed by atoms with Crippen LogP contribution in [0.2, 0.25) is 0 Å². The second-order valence-electron chi connectivity index (χ2n) is 5.32. The average molecular weight is 273 g/mol. The predicted octanol–water partition coefficient (Wildman–Crippen LogP) is 2.35. The highest BCUT2D eigenvalue weighted by Gasteiger charge is 2.38. The van der Waals surface area contributed by atoms with Gasteiger partial charge >= 0.3 is 0 Å². The maximum absolute atomic E-state index is 9.28. The van der Waals surface area contributed by atoms with E-state index in [1.807, 2.05) is 12.1 Å². The molecule has 106 valence electrons. The topological polar surface area (TPSA) is 71.2 Å². The molecule has 1 atom stereocenters. The Morgan fingerprint density at radius 3 is 2.80 bits per heavy atom. The third kappa shape index (κ3) is 2.41. The van der Waals surface area contributed by atoms with Crippen LogP contribution >= 0.6 is 0 Å². The Morgan fingerprint density at radius 2 is 2.15 bits per heavy atom. The van der Waals surface area contributed by atoms with Crippen molar-refractivity contribution in [2.75, 3.05) is 6.54 Å². The number of nitrogens with zero attached hydrogens (tertiary/aromatic N) is 2. The number of phenols is 1. The molecule has 5 nitrogen and oxygen atoms in total. The molecule has 0 aliphatic carbocycles. The van der Waals surface area contributed by atoms with E-state index >= 15 is 0 Å². The van der Waals surface area contributed by atoms with E-state index in [0.29, 0.717) is 18.1 Å². The number of rotatable bonds is 4. The third-order valence-corrected chi connectivity index (χ3v) is 4.02. The molecule has 5 heteroatoms. The van der Waals surface area contributed by atoms with Crippen LogP contribution in [-0.2, 0) is 12.0 Å². The summed E-state index contributed by atoms with van der Waals surface area (Å²) in [6, 6.07) is 7.08. The Morgan fingerprint density at radius 1 is 1.35 bits per heavy atom. The maximum atomic E-state index is 9.28. The Hall–Kier alpha value is -1.88. The van der Waals surface area contributed by atoms with Crippen LogP contribution in [0.15, 0.2) is 28.8 Å². The van der Waals surface area contributed by atoms with Crippen LogP contribution in [0.3, 0.4) is 0 Å². The average Bonchev–Trinajstić information content (AvgIpc) is 3.11. The lowest BCUT2D eigenvalue weighted by Crippen LogP contribution is -2.36. The van der Waals surface area contributed by atoms with Crippen molar-refractivity contribution in [3.8, 4) is 5.75 Å². The highest BCUT2D eigenvalue weighted by atomic mass is 16.5. The first-order valence-corrected chi connectivity index (χ1v) is 7.08. The monoisotopic (exact) mass is 273 g/mol. The molecule has 0 radical (unpaired) electrons. The summed E-state index contributed by atoms with van der Waals surface area (Å²) in [6.45, 7) is 3.14. The molecule has 0 saturated carbocycles. The fourth-order valence-corrected chi connectivity index (χ4v) is 2.76. The SMILES string of the molecule is CCC1(c2nc(Cc3ccc(O)cc3)no2)CCCN1. The summed E-state index contributed by atoms with van der Waals surface area (Å²) >= 11 is 0. The van der Waals surface area contributed by atoms with Crippen LogP contribution in [0.4, 0.5) is 0 Å². The quantitative estimate of drug-likeness (QED) is 0.894. The van der Waals surface area contributed by atoms with Gasteiger partial charge < -0.3 is 14.9 Å². The van der Waals surface area contributed by atoms with Gasteiger partial charge in [0.15, 0.2) is 5.82 Å². The molecule has 1 unspecified atom stereocenters. The molecular formula is C15H19N3O2. The van der Waals surface area contributed by atoms with Gasteiger partial charge in [-0.05, 0) is 43.5 Å². The van der Waals surface area contributed by atoms with Gasteiger partial charge in [-0.1, -0.05) is 24.2 Å². The number of aromatic hydroxyl groups is 1. The van der Waals surface area contributed by atoms with Crippen LogP contribution in [0.25, 0.3) is 0 Å². The summed E-state index contributed by atoms with van der Waals surface area (Å²) in [7, 11) is 0. The zero-order valence-electron chi connectivity index (χ0n) is 11.6. The van der Waals surface area contributed by atoms with Crippen molar-refractivity contribution < 1.29 is 9.63 Å². The van der Waals surface area contributed by atoms with E-state index in [1.54, 1.807) is 12.1 Å². The summed E-state index contributed by atoms with van der Waals surface area (Å²) in [5, 5.41) is 16.9. The molecule has 20 heavy (non-hydrogen) atoms. The zero-order valence-corrected chi connectivity index (χ0v) is 11.6. The maximum Gasteiger partial charge on any atom is 0.246 e. The largest absolute Gasteiger partial charge is 0.508 e. The fraction of sp³-hybridized carbons (Fsp3) is 0.467. The van der Waals surface area contributed by atoms with Gasteiger partial charge in [0.25, 0.3) is 0 Å². The molecule has 0 spiro atoms. The standard InChI is InChI=1S/C15H19N3O2/c1-2-15(8-3-9-16-15)14-17-13(18-20-14)10-11-4-6-12(19)7-5-11/h4-7,16,19H,2-3,8-10H2,1H3. The second kappa shape index (κ2) is 5.25. The van der Waals surface area contributed by atoms with Crippen molar-refractivity contribution in [1.82, 2.24) is 15.5 Å². The highest BCUT2D eigenvalue weighted by molar-refractivity contribution is 5.27. The van der Waals surface area contributed by atoms with Crippen LogP contribution in [0, 0.1) is 0 Å². The van der Waals surface area contributed by atoms with Crippen LogP contribution < -0.4 is 5.32 Å². The van der Waals surface area contributed by atoms with E-state index in [4.69, 9.17) is 4.52 Å². The summed E-state index contributed by atoms with van der Waals surface area (Å²) in [4.78, 5) is 4.55. The molecule has 2 aromatic rings. The number of phenolic OH excluding ortho intramolecular Hbond substituents is 1. The smallest absolute Gasteiger partial charge is 0.246 e. The minimum atomic E-state index is -0.139. The molecular weight excluding hydrogens is 254 g/mol. The first kappa shape index (κ1) is 13.1. The van der Waals surface area contributed by atoms with Crippen LogP contribution in [0.5, 0.6) is 5.75 Å². The number of nitrogens with one attached hydrogen (secondary N) is 1. The van der Waals surface area contributed by atoms with E-state index < -0.39 is 0 Å². The Labute approximate surface area is 118 Å². The van der Waals surface area contributed by atoms with E-state index in [2.05, 4.69) is 22.4 Å². The van der Waals surface area contributed by atoms with Crippen molar-refractivity contribution in [3.63, 3.8) is 0 Å². The molecule has 2 N–H and O–H groups in total. The summed E-state index contributed by atoms with van der Waals surface area (Å²) < 4.78 is 5.47. The van der Waals surface area contributed by atoms with Gasteiger partial charge in [0, 0.05) is 6.42 Å². The van der Waals surface area contributed by atoms with Gasteiger partial charge in [0.05, 0.1) is 5.54 Å². The van der Waals surface area contributed by atoms with Crippen LogP contribution in [-0.4, -0.2) is 21.8 Å². The molecule has 1 aromatic carbocycles. The number of aromatic nitrogens is 2. The molecule has 0 amide bonds. The second-order valence-corrected chi connectivity index (χ2v) is 5.32. The normalized spacial score (nSPS) is 22.2. The lowest BCUT2D eigenvalue weighted by Gasteiger charge is -2.22. The summed E-state index contributed by atoms with van der Waals surface area (Å²) in [6.07, 6.45) is 3.76. The predicted molar refractivity (Wildman–Crippen MR) is 74.4 cm³/mol. The fourth-order valence-electron chi connectivity index (χ4n) is 2.76. The van der Waals surface area contributed by atoms with Gasteiger partial charge in [-0.2, -0.15) is 4.98 Å². The molecule has 3 rings (SSSR count). The van der Waals surface area contributed by atoms with E-state index in [1.165, 1.54) is 0 Å². The molecule has 1 saturated heterocycles. The van der Waals surface area contributed by atoms with E-state index in [0.717, 1.165) is 31.4 Å². The molecule has 1 aromatic heterocycles. The van der Waals surface area contributed by atoms with Crippen molar-refractivity contribution in [1.29, 1.82) is 0 Å². The first-order chi connectivity index (χ1) is 9.72. The van der Waals surface area contributed by atoms with Crippen molar-refractivity contribution in [3.05, 3.63) is 41.5 Å². The van der Waals surface area contributed by atoms with Crippen molar-refractivity contribution in [2.24, 2.45) is 0 Å². The Bertz CT molecular complexity index is 571. The molecule has 1 aliphatic heterocycles. The van der Waals surface area contributed by atoms with Gasteiger partial charge in [0.1, 0.15) is 5.75 Å². The van der Waals surface area contributed by atoms with E-state index in [9.17, 15) is 5.11 Å². The summed E-state index contributed by atoms with van der Waals surface area (Å²) in [5.74, 6) is 1.65. The lowest BCUT2D eigenvalue weighted by atomic mass is 9.94. The minimum Gasteiger partial charge on any atom is -0.508 e. The van der Waals surface area contributed by atoms with Gasteiger partial charge in [0.2, 0.25) is 5.89 Å². The molecule has 2 heterocycles. The number of hydrogen-bond acceptors (Lipinski definition) is 5. The Balaban J connectivity index is 1.78. The highest BCUT2D eigenvalue weighted by Crippen LogP contribution is 2.32. The van der Waals surface area contributed by atoms with E-state index in [-0.39, 0.29) is 11.3 Å². The van der Waals surface area contributed by atoms with Crippen molar-refractivity contribution >= 4 is 0 Å². The summed E-state index contributed by atoms with van der Waals surface area (Å²) in [5.41, 5.74) is 0.917. The molecule has 0 bridgehead atoms. The molecule has 1 fully saturated rings. The Kier molecular flexibility index (Phi) is 3.44.